The number of amides is 1. The molecule has 1 aromatic carbocycles. The SMILES string of the molecule is Cl.O=C(C1CC1c1cccc(Cl)c1)N(Cc1ccccn1)C1CCCNCC1. The normalized spacial score (nSPS) is 24.0. The van der Waals surface area contributed by atoms with E-state index in [1.807, 2.05) is 36.4 Å². The molecule has 28 heavy (non-hydrogen) atoms. The van der Waals surface area contributed by atoms with Crippen LogP contribution in [0.1, 0.15) is 42.9 Å². The van der Waals surface area contributed by atoms with Crippen LogP contribution in [0.2, 0.25) is 5.02 Å². The summed E-state index contributed by atoms with van der Waals surface area (Å²) in [5.74, 6) is 0.646. The zero-order chi connectivity index (χ0) is 18.6. The van der Waals surface area contributed by atoms with Gasteiger partial charge in [-0.1, -0.05) is 29.8 Å². The van der Waals surface area contributed by atoms with Gasteiger partial charge in [0.25, 0.3) is 0 Å². The minimum absolute atomic E-state index is 0. The molecular formula is C22H27Cl2N3O. The number of halogens is 2. The highest BCUT2D eigenvalue weighted by atomic mass is 35.5. The highest BCUT2D eigenvalue weighted by Gasteiger charge is 2.46. The van der Waals surface area contributed by atoms with Crippen LogP contribution in [-0.2, 0) is 11.3 Å². The van der Waals surface area contributed by atoms with Crippen molar-refractivity contribution in [2.45, 2.75) is 44.2 Å². The Balaban J connectivity index is 0.00000225. The Kier molecular flexibility index (Phi) is 7.33. The van der Waals surface area contributed by atoms with Gasteiger partial charge in [0, 0.05) is 23.2 Å². The average Bonchev–Trinajstić information content (AvgIpc) is 3.50. The molecule has 1 saturated carbocycles. The van der Waals surface area contributed by atoms with Crippen LogP contribution in [0.5, 0.6) is 0 Å². The fourth-order valence-electron chi connectivity index (χ4n) is 4.15. The van der Waals surface area contributed by atoms with Gasteiger partial charge in [-0.25, -0.2) is 0 Å². The molecule has 2 heterocycles. The molecule has 0 radical (unpaired) electrons. The molecule has 4 rings (SSSR count). The average molecular weight is 420 g/mol. The zero-order valence-corrected chi connectivity index (χ0v) is 17.5. The third kappa shape index (κ3) is 5.05. The number of hydrogen-bond donors (Lipinski definition) is 1. The summed E-state index contributed by atoms with van der Waals surface area (Å²) in [6, 6.07) is 14.1. The smallest absolute Gasteiger partial charge is 0.226 e. The molecule has 1 saturated heterocycles. The number of nitrogens with zero attached hydrogens (tertiary/aromatic N) is 2. The highest BCUT2D eigenvalue weighted by molar-refractivity contribution is 6.30. The number of carbonyl (C=O) groups excluding carboxylic acids is 1. The van der Waals surface area contributed by atoms with E-state index in [4.69, 9.17) is 11.6 Å². The van der Waals surface area contributed by atoms with Crippen LogP contribution in [0.25, 0.3) is 0 Å². The lowest BCUT2D eigenvalue weighted by molar-refractivity contribution is -0.136. The Labute approximate surface area is 178 Å². The van der Waals surface area contributed by atoms with Crippen LogP contribution in [0.15, 0.2) is 48.7 Å². The van der Waals surface area contributed by atoms with Crippen LogP contribution in [-0.4, -0.2) is 34.9 Å². The van der Waals surface area contributed by atoms with Crippen LogP contribution < -0.4 is 5.32 Å². The minimum Gasteiger partial charge on any atom is -0.334 e. The Morgan fingerprint density at radius 2 is 2.07 bits per heavy atom. The van der Waals surface area contributed by atoms with Gasteiger partial charge in [0.05, 0.1) is 12.2 Å². The van der Waals surface area contributed by atoms with Crippen molar-refractivity contribution in [1.82, 2.24) is 15.2 Å². The molecule has 150 valence electrons. The molecule has 1 N–H and O–H groups in total. The first kappa shape index (κ1) is 21.1. The molecule has 0 bridgehead atoms. The topological polar surface area (TPSA) is 45.2 Å². The van der Waals surface area contributed by atoms with Gasteiger partial charge in [0.1, 0.15) is 0 Å². The second-order valence-corrected chi connectivity index (χ2v) is 8.06. The number of benzene rings is 1. The molecule has 4 nitrogen and oxygen atoms in total. The summed E-state index contributed by atoms with van der Waals surface area (Å²) < 4.78 is 0. The van der Waals surface area contributed by atoms with E-state index < -0.39 is 0 Å². The van der Waals surface area contributed by atoms with Gasteiger partial charge in [-0.05, 0) is 74.5 Å². The lowest BCUT2D eigenvalue weighted by Gasteiger charge is -2.31. The molecular weight excluding hydrogens is 393 g/mol. The van der Waals surface area contributed by atoms with Crippen molar-refractivity contribution in [2.75, 3.05) is 13.1 Å². The van der Waals surface area contributed by atoms with Crippen LogP contribution in [0, 0.1) is 5.92 Å². The van der Waals surface area contributed by atoms with Crippen LogP contribution in [0.4, 0.5) is 0 Å². The predicted octanol–water partition coefficient (Wildman–Crippen LogP) is 4.43. The summed E-state index contributed by atoms with van der Waals surface area (Å²) in [4.78, 5) is 20.0. The van der Waals surface area contributed by atoms with Crippen molar-refractivity contribution in [1.29, 1.82) is 0 Å². The Hall–Kier alpha value is -1.62. The summed E-state index contributed by atoms with van der Waals surface area (Å²) in [5, 5.41) is 4.19. The summed E-state index contributed by atoms with van der Waals surface area (Å²) in [7, 11) is 0. The molecule has 1 aliphatic carbocycles. The lowest BCUT2D eigenvalue weighted by Crippen LogP contribution is -2.41. The first-order valence-electron chi connectivity index (χ1n) is 9.89. The highest BCUT2D eigenvalue weighted by Crippen LogP contribution is 2.49. The second-order valence-electron chi connectivity index (χ2n) is 7.63. The predicted molar refractivity (Wildman–Crippen MR) is 115 cm³/mol. The Bertz CT molecular complexity index is 778. The van der Waals surface area contributed by atoms with E-state index in [9.17, 15) is 4.79 Å². The largest absolute Gasteiger partial charge is 0.334 e. The number of aromatic nitrogens is 1. The summed E-state index contributed by atoms with van der Waals surface area (Å²) >= 11 is 6.14. The maximum atomic E-state index is 13.4. The maximum absolute atomic E-state index is 13.4. The molecule has 3 unspecified atom stereocenters. The monoisotopic (exact) mass is 419 g/mol. The molecule has 1 aliphatic heterocycles. The number of nitrogens with one attached hydrogen (secondary N) is 1. The molecule has 2 aliphatic rings. The summed E-state index contributed by atoms with van der Waals surface area (Å²) in [5.41, 5.74) is 2.14. The van der Waals surface area contributed by atoms with Crippen LogP contribution in [0.3, 0.4) is 0 Å². The maximum Gasteiger partial charge on any atom is 0.226 e. The van der Waals surface area contributed by atoms with E-state index >= 15 is 0 Å². The molecule has 2 aromatic rings. The van der Waals surface area contributed by atoms with Gasteiger partial charge < -0.3 is 10.2 Å². The van der Waals surface area contributed by atoms with Crippen molar-refractivity contribution >= 4 is 29.9 Å². The van der Waals surface area contributed by atoms with Gasteiger partial charge in [0.15, 0.2) is 0 Å². The first-order valence-corrected chi connectivity index (χ1v) is 10.3. The lowest BCUT2D eigenvalue weighted by atomic mass is 10.0. The van der Waals surface area contributed by atoms with Crippen molar-refractivity contribution in [3.63, 3.8) is 0 Å². The fourth-order valence-corrected chi connectivity index (χ4v) is 4.35. The van der Waals surface area contributed by atoms with Gasteiger partial charge in [-0.3, -0.25) is 9.78 Å². The Morgan fingerprint density at radius 3 is 2.86 bits per heavy atom. The standard InChI is InChI=1S/C22H26ClN3O.ClH/c23-17-6-3-5-16(13-17)20-14-21(20)22(27)26(15-18-7-1-2-11-25-18)19-8-4-10-24-12-9-19;/h1-3,5-7,11,13,19-21,24H,4,8-10,12,14-15H2;1H. The van der Waals surface area contributed by atoms with Gasteiger partial charge >= 0.3 is 0 Å². The minimum atomic E-state index is 0. The molecule has 1 amide bonds. The van der Waals surface area contributed by atoms with E-state index in [1.165, 1.54) is 5.56 Å². The molecule has 6 heteroatoms. The Morgan fingerprint density at radius 1 is 1.18 bits per heavy atom. The fraction of sp³-hybridized carbons (Fsp3) is 0.455. The number of carbonyl (C=O) groups is 1. The van der Waals surface area contributed by atoms with Crippen molar-refractivity contribution < 1.29 is 4.79 Å². The van der Waals surface area contributed by atoms with Crippen molar-refractivity contribution in [3.8, 4) is 0 Å². The third-order valence-electron chi connectivity index (χ3n) is 5.71. The molecule has 1 aromatic heterocycles. The number of hydrogen-bond acceptors (Lipinski definition) is 3. The van der Waals surface area contributed by atoms with Crippen LogP contribution >= 0.6 is 24.0 Å². The first-order chi connectivity index (χ1) is 13.2. The molecule has 0 spiro atoms. The number of rotatable bonds is 5. The van der Waals surface area contributed by atoms with E-state index in [0.717, 1.165) is 49.5 Å². The van der Waals surface area contributed by atoms with Crippen molar-refractivity contribution in [2.24, 2.45) is 5.92 Å². The van der Waals surface area contributed by atoms with E-state index in [2.05, 4.69) is 21.3 Å². The summed E-state index contributed by atoms with van der Waals surface area (Å²) in [6.45, 7) is 2.61. The zero-order valence-electron chi connectivity index (χ0n) is 15.9. The third-order valence-corrected chi connectivity index (χ3v) is 5.95. The van der Waals surface area contributed by atoms with Gasteiger partial charge in [-0.15, -0.1) is 12.4 Å². The van der Waals surface area contributed by atoms with E-state index in [1.54, 1.807) is 6.20 Å². The summed E-state index contributed by atoms with van der Waals surface area (Å²) in [6.07, 6.45) is 5.90. The van der Waals surface area contributed by atoms with Gasteiger partial charge in [0.2, 0.25) is 5.91 Å². The van der Waals surface area contributed by atoms with Gasteiger partial charge in [-0.2, -0.15) is 0 Å². The second kappa shape index (κ2) is 9.73. The molecule has 2 fully saturated rings. The van der Waals surface area contributed by atoms with E-state index in [0.29, 0.717) is 12.5 Å². The molecule has 3 atom stereocenters. The van der Waals surface area contributed by atoms with Crippen molar-refractivity contribution in [3.05, 3.63) is 64.9 Å². The number of pyridine rings is 1. The quantitative estimate of drug-likeness (QED) is 0.779. The van der Waals surface area contributed by atoms with E-state index in [-0.39, 0.29) is 30.3 Å².